The van der Waals surface area contributed by atoms with Gasteiger partial charge in [0, 0.05) is 54.2 Å². The van der Waals surface area contributed by atoms with Gasteiger partial charge in [0.25, 0.3) is 0 Å². The van der Waals surface area contributed by atoms with Crippen LogP contribution in [0.3, 0.4) is 0 Å². The van der Waals surface area contributed by atoms with E-state index in [-0.39, 0.29) is 0 Å². The molecule has 1 aromatic carbocycles. The second-order valence-electron chi connectivity index (χ2n) is 6.72. The van der Waals surface area contributed by atoms with E-state index < -0.39 is 0 Å². The zero-order chi connectivity index (χ0) is 20.3. The van der Waals surface area contributed by atoms with Crippen molar-refractivity contribution in [1.29, 1.82) is 5.26 Å². The Labute approximate surface area is 172 Å². The van der Waals surface area contributed by atoms with Crippen molar-refractivity contribution in [2.24, 2.45) is 0 Å². The van der Waals surface area contributed by atoms with E-state index >= 15 is 0 Å². The van der Waals surface area contributed by atoms with E-state index in [2.05, 4.69) is 14.9 Å². The van der Waals surface area contributed by atoms with Crippen LogP contribution < -0.4 is 4.90 Å². The van der Waals surface area contributed by atoms with E-state index in [4.69, 9.17) is 25.0 Å². The second-order valence-corrected chi connectivity index (χ2v) is 6.72. The summed E-state index contributed by atoms with van der Waals surface area (Å²) >= 11 is 0. The largest absolute Gasteiger partial charge is 0.378 e. The van der Waals surface area contributed by atoms with Crippen molar-refractivity contribution in [3.63, 3.8) is 0 Å². The Morgan fingerprint density at radius 3 is 2.83 bits per heavy atom. The summed E-state index contributed by atoms with van der Waals surface area (Å²) in [7, 11) is 0. The van der Waals surface area contributed by atoms with Gasteiger partial charge in [-0.3, -0.25) is 4.57 Å². The van der Waals surface area contributed by atoms with Crippen molar-refractivity contribution < 1.29 is 4.74 Å². The lowest BCUT2D eigenvalue weighted by molar-refractivity contribution is 0.122. The Hall–Kier alpha value is -4.03. The third-order valence-corrected chi connectivity index (χ3v) is 4.93. The number of hydrogen-bond donors (Lipinski definition) is 1. The average Bonchev–Trinajstić information content (AvgIpc) is 3.47. The highest BCUT2D eigenvalue weighted by atomic mass is 16.5. The van der Waals surface area contributed by atoms with Crippen molar-refractivity contribution in [2.75, 3.05) is 31.2 Å². The Balaban J connectivity index is 1.69. The molecule has 0 atom stereocenters. The Kier molecular flexibility index (Phi) is 4.67. The fourth-order valence-corrected chi connectivity index (χ4v) is 3.49. The lowest BCUT2D eigenvalue weighted by Gasteiger charge is -2.27. The van der Waals surface area contributed by atoms with Crippen LogP contribution in [0.2, 0.25) is 0 Å². The van der Waals surface area contributed by atoms with Crippen molar-refractivity contribution in [3.05, 3.63) is 54.8 Å². The summed E-state index contributed by atoms with van der Waals surface area (Å²) in [5.74, 6) is 2.19. The first kappa shape index (κ1) is 18.0. The summed E-state index contributed by atoms with van der Waals surface area (Å²) in [5, 5.41) is 9.92. The molecule has 1 saturated heterocycles. The van der Waals surface area contributed by atoms with Crippen molar-refractivity contribution >= 4 is 22.9 Å². The number of nitrogens with zero attached hydrogens (tertiary/aromatic N) is 7. The molecular weight excluding hydrogens is 380 g/mol. The lowest BCUT2D eigenvalue weighted by Crippen LogP contribution is -2.37. The van der Waals surface area contributed by atoms with E-state index in [1.165, 1.54) is 6.08 Å². The van der Waals surface area contributed by atoms with E-state index in [1.54, 1.807) is 23.0 Å². The molecule has 0 spiro atoms. The summed E-state index contributed by atoms with van der Waals surface area (Å²) in [6.45, 7) is 2.68. The number of allylic oxidation sites excluding steroid dienone is 1. The maximum atomic E-state index is 8.88. The second kappa shape index (κ2) is 7.77. The van der Waals surface area contributed by atoms with Gasteiger partial charge in [-0.1, -0.05) is 12.1 Å². The highest BCUT2D eigenvalue weighted by molar-refractivity contribution is 5.93. The minimum absolute atomic E-state index is 0.448. The zero-order valence-electron chi connectivity index (χ0n) is 16.1. The van der Waals surface area contributed by atoms with Gasteiger partial charge in [-0.25, -0.2) is 4.98 Å². The first-order valence-corrected chi connectivity index (χ1v) is 9.58. The van der Waals surface area contributed by atoms with Gasteiger partial charge in [-0.2, -0.15) is 20.2 Å². The zero-order valence-corrected chi connectivity index (χ0v) is 16.1. The number of aromatic nitrogens is 6. The maximum Gasteiger partial charge on any atom is 0.240 e. The molecule has 9 heteroatoms. The number of H-pyrrole nitrogens is 1. The van der Waals surface area contributed by atoms with Gasteiger partial charge < -0.3 is 14.6 Å². The van der Waals surface area contributed by atoms with Crippen molar-refractivity contribution in [1.82, 2.24) is 29.5 Å². The minimum atomic E-state index is 0.448. The highest BCUT2D eigenvalue weighted by Crippen LogP contribution is 2.27. The molecular formula is C21H18N8O. The molecule has 0 saturated carbocycles. The molecule has 0 radical (unpaired) electrons. The van der Waals surface area contributed by atoms with Gasteiger partial charge in [0.2, 0.25) is 11.9 Å². The number of aromatic amines is 1. The van der Waals surface area contributed by atoms with Gasteiger partial charge in [0.1, 0.15) is 5.82 Å². The summed E-state index contributed by atoms with van der Waals surface area (Å²) in [5.41, 5.74) is 1.93. The molecule has 1 aliphatic rings. The minimum Gasteiger partial charge on any atom is -0.378 e. The van der Waals surface area contributed by atoms with Gasteiger partial charge in [0.05, 0.1) is 19.3 Å². The molecule has 1 fully saturated rings. The molecule has 0 unspecified atom stereocenters. The molecule has 3 aromatic heterocycles. The number of morpholine rings is 1. The lowest BCUT2D eigenvalue weighted by atomic mass is 10.1. The predicted octanol–water partition coefficient (Wildman–Crippen LogP) is 2.58. The third kappa shape index (κ3) is 3.29. The van der Waals surface area contributed by atoms with Crippen LogP contribution in [0.15, 0.2) is 48.9 Å². The number of imidazole rings is 1. The van der Waals surface area contributed by atoms with Crippen LogP contribution in [-0.2, 0) is 4.74 Å². The van der Waals surface area contributed by atoms with Crippen LogP contribution in [-0.4, -0.2) is 55.8 Å². The van der Waals surface area contributed by atoms with Crippen LogP contribution in [0.4, 0.5) is 5.95 Å². The van der Waals surface area contributed by atoms with Crippen LogP contribution in [0.5, 0.6) is 0 Å². The van der Waals surface area contributed by atoms with E-state index in [0.717, 1.165) is 16.5 Å². The Morgan fingerprint density at radius 1 is 1.10 bits per heavy atom. The summed E-state index contributed by atoms with van der Waals surface area (Å²) < 4.78 is 7.23. The van der Waals surface area contributed by atoms with E-state index in [9.17, 15) is 0 Å². The van der Waals surface area contributed by atoms with Gasteiger partial charge in [0.15, 0.2) is 5.82 Å². The SMILES string of the molecule is N#CC=Cc1nccn1-c1nc(-c2cccc3[nH]ccc23)nc(N2CCOCC2)n1. The molecule has 1 aliphatic heterocycles. The standard InChI is InChI=1S/C21H18N8O/c22-7-2-5-18-24-9-10-29(18)21-26-19(16-3-1-4-17-15(16)6-8-23-17)25-20(27-21)28-11-13-30-14-12-28/h1-6,8-10,23H,11-14H2. The molecule has 148 valence electrons. The number of hydrogen-bond acceptors (Lipinski definition) is 7. The number of ether oxygens (including phenoxy) is 1. The molecule has 5 rings (SSSR count). The van der Waals surface area contributed by atoms with Crippen LogP contribution in [0.25, 0.3) is 34.3 Å². The molecule has 0 aliphatic carbocycles. The Bertz CT molecular complexity index is 1260. The van der Waals surface area contributed by atoms with Gasteiger partial charge in [-0.05, 0) is 18.2 Å². The first-order valence-electron chi connectivity index (χ1n) is 9.58. The van der Waals surface area contributed by atoms with Gasteiger partial charge in [-0.15, -0.1) is 0 Å². The fourth-order valence-electron chi connectivity index (χ4n) is 3.49. The molecule has 0 amide bonds. The molecule has 4 aromatic rings. The summed E-state index contributed by atoms with van der Waals surface area (Å²) in [6.07, 6.45) is 8.34. The predicted molar refractivity (Wildman–Crippen MR) is 112 cm³/mol. The third-order valence-electron chi connectivity index (χ3n) is 4.93. The van der Waals surface area contributed by atoms with E-state index in [1.807, 2.05) is 36.5 Å². The van der Waals surface area contributed by atoms with Crippen molar-refractivity contribution in [2.45, 2.75) is 0 Å². The number of fused-ring (bicyclic) bond motifs is 1. The molecule has 30 heavy (non-hydrogen) atoms. The smallest absolute Gasteiger partial charge is 0.240 e. The number of nitrogens with one attached hydrogen (secondary N) is 1. The first-order chi connectivity index (χ1) is 14.8. The monoisotopic (exact) mass is 398 g/mol. The van der Waals surface area contributed by atoms with Gasteiger partial charge >= 0.3 is 0 Å². The summed E-state index contributed by atoms with van der Waals surface area (Å²) in [4.78, 5) is 23.9. The maximum absolute atomic E-state index is 8.88. The Morgan fingerprint density at radius 2 is 1.97 bits per heavy atom. The topological polar surface area (TPSA) is 109 Å². The average molecular weight is 398 g/mol. The number of rotatable bonds is 4. The van der Waals surface area contributed by atoms with Crippen LogP contribution in [0.1, 0.15) is 5.82 Å². The quantitative estimate of drug-likeness (QED) is 0.526. The van der Waals surface area contributed by atoms with Crippen LogP contribution >= 0.6 is 0 Å². The number of anilines is 1. The van der Waals surface area contributed by atoms with Crippen molar-refractivity contribution in [3.8, 4) is 23.4 Å². The molecule has 4 heterocycles. The fraction of sp³-hybridized carbons (Fsp3) is 0.190. The molecule has 1 N–H and O–H groups in total. The highest BCUT2D eigenvalue weighted by Gasteiger charge is 2.19. The molecule has 9 nitrogen and oxygen atoms in total. The molecule has 0 bridgehead atoms. The number of nitriles is 1. The van der Waals surface area contributed by atoms with E-state index in [0.29, 0.717) is 49.8 Å². The van der Waals surface area contributed by atoms with Crippen LogP contribution in [0, 0.1) is 11.3 Å². The summed E-state index contributed by atoms with van der Waals surface area (Å²) in [6, 6.07) is 10.0. The normalized spacial score (nSPS) is 14.4. The number of benzene rings is 1.